The Morgan fingerprint density at radius 1 is 0.404 bits per heavy atom. The Morgan fingerprint density at radius 2 is 0.697 bits per heavy atom. The first-order valence-electron chi connectivity index (χ1n) is 25.3. The highest BCUT2D eigenvalue weighted by Crippen LogP contribution is 2.39. The highest BCUT2D eigenvalue weighted by Gasteiger charge is 2.51. The first-order chi connectivity index (χ1) is 40.7. The summed E-state index contributed by atoms with van der Waals surface area (Å²) < 4.78 is 279. The van der Waals surface area contributed by atoms with E-state index in [9.17, 15) is 125 Å². The maximum atomic E-state index is 12.6. The third-order valence-electron chi connectivity index (χ3n) is 13.6. The van der Waals surface area contributed by atoms with Crippen LogP contribution in [0.2, 0.25) is 0 Å². The Hall–Kier alpha value is -5.94. The molecule has 0 aliphatic carbocycles. The molecule has 494 valence electrons. The van der Waals surface area contributed by atoms with E-state index in [1.165, 1.54) is 37.3 Å². The van der Waals surface area contributed by atoms with Gasteiger partial charge in [0.1, 0.15) is 17.2 Å². The number of amides is 4. The molecule has 4 aliphatic rings. The molecule has 0 unspecified atom stereocenters. The fraction of sp³-hybridized carbons (Fsp3) is 0.451. The van der Waals surface area contributed by atoms with Gasteiger partial charge in [-0.25, -0.2) is 0 Å². The van der Waals surface area contributed by atoms with Crippen LogP contribution in [0.15, 0.2) is 54.6 Å². The van der Waals surface area contributed by atoms with Crippen LogP contribution in [0.1, 0.15) is 50.1 Å². The number of carbonyl (C=O) groups excluding carboxylic acids is 4. The van der Waals surface area contributed by atoms with Crippen molar-refractivity contribution >= 4 is 89.0 Å². The van der Waals surface area contributed by atoms with Crippen LogP contribution in [0.3, 0.4) is 0 Å². The number of fused-ring (bicyclic) bond motifs is 4. The summed E-state index contributed by atoms with van der Waals surface area (Å²) in [5.41, 5.74) is -7.64. The minimum absolute atomic E-state index is 0.0192. The van der Waals surface area contributed by atoms with E-state index in [0.717, 1.165) is 20.9 Å². The minimum Gasteiger partial charge on any atom is -0.508 e. The lowest BCUT2D eigenvalue weighted by Gasteiger charge is -2.21. The number of carbonyl (C=O) groups is 4. The predicted molar refractivity (Wildman–Crippen MR) is 291 cm³/mol. The number of nitrogens with zero attached hydrogens (tertiary/aromatic N) is 4. The van der Waals surface area contributed by atoms with Crippen LogP contribution in [0.5, 0.6) is 23.0 Å². The highest BCUT2D eigenvalue weighted by atomic mass is 127. The minimum atomic E-state index is -5.94. The van der Waals surface area contributed by atoms with Gasteiger partial charge in [-0.1, -0.05) is 36.4 Å². The van der Waals surface area contributed by atoms with E-state index in [4.69, 9.17) is 0 Å². The number of hydrogen-bond donors (Lipinski definition) is 2. The number of alkyl halides is 18. The SMILES string of the molecule is Cc1ccc2c(c1OS(=O)(=O)C(F)(F)F)CCN(C(=O)C(F)(F)F)CC2.O=C(N1CCc2ccc(I)c(O)c2CC1)C(F)(F)F.O=C(N1CCc2ccc(I)c(OS(=O)(=O)C(F)(F)F)c2CC1)C(F)(F)F.O=C(N1CCc2cccc(O)c2CC1)C(F)(F)F. The average Bonchev–Trinajstić information content (AvgIpc) is 1.91. The van der Waals surface area contributed by atoms with Crippen molar-refractivity contribution in [3.8, 4) is 23.0 Å². The second-order valence-corrected chi connectivity index (χ2v) is 24.8. The zero-order valence-corrected chi connectivity index (χ0v) is 51.1. The van der Waals surface area contributed by atoms with Crippen LogP contribution >= 0.6 is 45.2 Å². The van der Waals surface area contributed by atoms with E-state index in [1.54, 1.807) is 46.9 Å². The predicted octanol–water partition coefficient (Wildman–Crippen LogP) is 10.1. The summed E-state index contributed by atoms with van der Waals surface area (Å²) in [7, 11) is -11.9. The second kappa shape index (κ2) is 28.3. The molecule has 89 heavy (non-hydrogen) atoms. The number of phenols is 2. The first kappa shape index (κ1) is 73.8. The fourth-order valence-electron chi connectivity index (χ4n) is 9.25. The Balaban J connectivity index is 0.000000219. The van der Waals surface area contributed by atoms with Crippen molar-refractivity contribution in [2.45, 2.75) is 94.0 Å². The van der Waals surface area contributed by atoms with Gasteiger partial charge < -0.3 is 38.2 Å². The maximum Gasteiger partial charge on any atom is 0.534 e. The molecule has 0 atom stereocenters. The monoisotopic (exact) mass is 1570 g/mol. The van der Waals surface area contributed by atoms with Crippen molar-refractivity contribution < 1.29 is 134 Å². The van der Waals surface area contributed by atoms with Gasteiger partial charge >= 0.3 is 79.6 Å². The molecule has 0 aromatic heterocycles. The van der Waals surface area contributed by atoms with Gasteiger partial charge in [0.05, 0.1) is 7.14 Å². The van der Waals surface area contributed by atoms with E-state index >= 15 is 0 Å². The van der Waals surface area contributed by atoms with Gasteiger partial charge in [-0.15, -0.1) is 0 Å². The van der Waals surface area contributed by atoms with E-state index < -0.39 is 104 Å². The highest BCUT2D eigenvalue weighted by molar-refractivity contribution is 14.1. The van der Waals surface area contributed by atoms with E-state index in [2.05, 4.69) is 8.37 Å². The number of rotatable bonds is 4. The third-order valence-corrected chi connectivity index (χ3v) is 17.3. The Bertz CT molecular complexity index is 3390. The quantitative estimate of drug-likeness (QED) is 0.0847. The summed E-state index contributed by atoms with van der Waals surface area (Å²) in [4.78, 5) is 47.7. The van der Waals surface area contributed by atoms with Crippen molar-refractivity contribution in [1.82, 2.24) is 19.6 Å². The zero-order chi connectivity index (χ0) is 67.4. The molecule has 4 aromatic carbocycles. The normalized spacial score (nSPS) is 16.0. The summed E-state index contributed by atoms with van der Waals surface area (Å²) in [5.74, 6) is -8.71. The molecule has 0 spiro atoms. The molecule has 0 radical (unpaired) electrons. The molecule has 4 aliphatic heterocycles. The molecule has 8 rings (SSSR count). The Kier molecular flexibility index (Phi) is 23.5. The van der Waals surface area contributed by atoms with Gasteiger partial charge in [-0.2, -0.15) is 95.9 Å². The van der Waals surface area contributed by atoms with E-state index in [-0.39, 0.29) is 110 Å². The number of hydrogen-bond acceptors (Lipinski definition) is 12. The molecule has 38 heteroatoms. The summed E-state index contributed by atoms with van der Waals surface area (Å²) in [6.45, 7) is -0.185. The van der Waals surface area contributed by atoms with Gasteiger partial charge in [0.25, 0.3) is 0 Å². The number of phenolic OH excluding ortho intramolecular Hbond substituents is 2. The summed E-state index contributed by atoms with van der Waals surface area (Å²) in [6, 6.07) is 13.9. The van der Waals surface area contributed by atoms with Crippen LogP contribution in [0.4, 0.5) is 79.0 Å². The van der Waals surface area contributed by atoms with Crippen LogP contribution < -0.4 is 8.37 Å². The van der Waals surface area contributed by atoms with E-state index in [0.29, 0.717) is 48.5 Å². The number of aromatic hydroxyl groups is 2. The molecule has 16 nitrogen and oxygen atoms in total. The molecule has 4 aromatic rings. The smallest absolute Gasteiger partial charge is 0.508 e. The van der Waals surface area contributed by atoms with Crippen molar-refractivity contribution in [1.29, 1.82) is 0 Å². The van der Waals surface area contributed by atoms with Crippen LogP contribution in [-0.2, 0) is 90.8 Å². The molecule has 2 N–H and O–H groups in total. The lowest BCUT2D eigenvalue weighted by Crippen LogP contribution is -2.42. The van der Waals surface area contributed by atoms with Crippen LogP contribution in [0.25, 0.3) is 0 Å². The van der Waals surface area contributed by atoms with Crippen molar-refractivity contribution in [2.75, 3.05) is 52.4 Å². The summed E-state index contributed by atoms with van der Waals surface area (Å²) in [5, 5.41) is 19.6. The van der Waals surface area contributed by atoms with Crippen molar-refractivity contribution in [2.24, 2.45) is 0 Å². The lowest BCUT2D eigenvalue weighted by molar-refractivity contribution is -0.185. The number of benzene rings is 4. The largest absolute Gasteiger partial charge is 0.534 e. The second-order valence-electron chi connectivity index (χ2n) is 19.4. The summed E-state index contributed by atoms with van der Waals surface area (Å²) in [6.07, 6.45) is -19.4. The van der Waals surface area contributed by atoms with Crippen LogP contribution in [-0.4, -0.2) is 158 Å². The molecule has 4 heterocycles. The molecular formula is C51H46F18I2N4O12S2. The molecule has 0 saturated carbocycles. The topological polar surface area (TPSA) is 208 Å². The molecule has 4 amide bonds. The first-order valence-corrected chi connectivity index (χ1v) is 30.3. The standard InChI is InChI=1S/C14H13F6NO4S.C13H10F6INO4S.C12H11F3INO2.C12H12F3NO2/c1-8-2-3-9-4-6-21(12(22)13(15,16)17)7-5-10(9)11(8)25-26(23,24)14(18,19)20;14-12(15,16)11(22)21-5-3-7-1-2-9(20)10(8(7)4-6-21)25-26(23,24)13(17,18)19;13-12(14,15)11(19)17-5-3-7-1-2-9(16)10(18)8(7)4-6-17;13-12(14,15)11(18)16-6-4-8-2-1-3-10(17)9(8)5-7-16/h2-3H,4-7H2,1H3;1-2H,3-6H2;1-2,18H,3-6H2;1-3,17H,4-7H2. The Morgan fingerprint density at radius 3 is 1.07 bits per heavy atom. The zero-order valence-electron chi connectivity index (χ0n) is 45.2. The molecule has 0 fully saturated rings. The van der Waals surface area contributed by atoms with E-state index in [1.807, 2.05) is 22.6 Å². The van der Waals surface area contributed by atoms with Crippen LogP contribution in [0, 0.1) is 14.1 Å². The summed E-state index contributed by atoms with van der Waals surface area (Å²) >= 11 is 3.53. The third kappa shape index (κ3) is 18.8. The van der Waals surface area contributed by atoms with Gasteiger partial charge in [-0.05, 0) is 161 Å². The van der Waals surface area contributed by atoms with Gasteiger partial charge in [0, 0.05) is 63.5 Å². The van der Waals surface area contributed by atoms with Crippen molar-refractivity contribution in [3.05, 3.63) is 112 Å². The fourth-order valence-corrected chi connectivity index (χ4v) is 11.6. The maximum absolute atomic E-state index is 12.6. The number of halogens is 20. The van der Waals surface area contributed by atoms with Gasteiger partial charge in [0.15, 0.2) is 5.75 Å². The van der Waals surface area contributed by atoms with Crippen molar-refractivity contribution in [3.63, 3.8) is 0 Å². The average molecular weight is 1570 g/mol. The molecule has 0 saturated heterocycles. The molecule has 0 bridgehead atoms. The lowest BCUT2D eigenvalue weighted by atomic mass is 9.99. The van der Waals surface area contributed by atoms with Gasteiger partial charge in [0.2, 0.25) is 0 Å². The molecular weight excluding hydrogens is 1520 g/mol. The Labute approximate surface area is 520 Å². The van der Waals surface area contributed by atoms with Gasteiger partial charge in [-0.3, -0.25) is 19.2 Å². The number of aryl methyl sites for hydroxylation is 1.